The molecule has 8 heteroatoms. The van der Waals surface area contributed by atoms with Gasteiger partial charge in [-0.1, -0.05) is 0 Å². The van der Waals surface area contributed by atoms with E-state index >= 15 is 0 Å². The third kappa shape index (κ3) is 4.84. The number of halogens is 1. The lowest BCUT2D eigenvalue weighted by Crippen LogP contribution is -2.43. The summed E-state index contributed by atoms with van der Waals surface area (Å²) in [5, 5.41) is 6.13. The highest BCUT2D eigenvalue weighted by Gasteiger charge is 2.24. The van der Waals surface area contributed by atoms with E-state index in [0.717, 1.165) is 18.7 Å². The zero-order chi connectivity index (χ0) is 16.9. The number of carbonyl (C=O) groups excluding carboxylic acids is 2. The quantitative estimate of drug-likeness (QED) is 0.823. The van der Waals surface area contributed by atoms with E-state index in [4.69, 9.17) is 9.47 Å². The van der Waals surface area contributed by atoms with Gasteiger partial charge in [-0.25, -0.2) is 0 Å². The number of amides is 2. The number of morpholine rings is 1. The van der Waals surface area contributed by atoms with Crippen molar-refractivity contribution in [3.8, 4) is 5.75 Å². The molecule has 0 aromatic heterocycles. The van der Waals surface area contributed by atoms with Crippen LogP contribution in [0, 0.1) is 0 Å². The molecule has 1 aromatic carbocycles. The average molecular weight is 370 g/mol. The largest absolute Gasteiger partial charge is 0.494 e. The molecule has 25 heavy (non-hydrogen) atoms. The van der Waals surface area contributed by atoms with E-state index in [0.29, 0.717) is 44.0 Å². The van der Waals surface area contributed by atoms with Crippen LogP contribution in [0.25, 0.3) is 0 Å². The molecule has 2 aliphatic rings. The Morgan fingerprint density at radius 2 is 2.32 bits per heavy atom. The van der Waals surface area contributed by atoms with Gasteiger partial charge in [0.15, 0.2) is 0 Å². The van der Waals surface area contributed by atoms with Gasteiger partial charge in [0.25, 0.3) is 0 Å². The van der Waals surface area contributed by atoms with Gasteiger partial charge in [-0.2, -0.15) is 0 Å². The summed E-state index contributed by atoms with van der Waals surface area (Å²) in [6.07, 6.45) is 1.78. The molecule has 138 valence electrons. The Labute approximate surface area is 153 Å². The zero-order valence-corrected chi connectivity index (χ0v) is 15.1. The number of hydrogen-bond acceptors (Lipinski definition) is 5. The van der Waals surface area contributed by atoms with Gasteiger partial charge in [0.05, 0.1) is 26.0 Å². The lowest BCUT2D eigenvalue weighted by atomic mass is 10.2. The number of rotatable bonds is 5. The van der Waals surface area contributed by atoms with Crippen LogP contribution in [0.15, 0.2) is 18.2 Å². The van der Waals surface area contributed by atoms with E-state index in [2.05, 4.69) is 10.6 Å². The Bertz CT molecular complexity index is 620. The fourth-order valence-electron chi connectivity index (χ4n) is 3.07. The molecule has 0 radical (unpaired) electrons. The molecule has 2 aliphatic heterocycles. The van der Waals surface area contributed by atoms with Crippen molar-refractivity contribution in [1.82, 2.24) is 5.32 Å². The van der Waals surface area contributed by atoms with Crippen molar-refractivity contribution < 1.29 is 19.1 Å². The molecule has 1 unspecified atom stereocenters. The molecular weight excluding hydrogens is 346 g/mol. The Morgan fingerprint density at radius 3 is 2.96 bits per heavy atom. The van der Waals surface area contributed by atoms with E-state index in [1.165, 1.54) is 0 Å². The topological polar surface area (TPSA) is 79.9 Å². The summed E-state index contributed by atoms with van der Waals surface area (Å²) in [6, 6.07) is 5.41. The van der Waals surface area contributed by atoms with Crippen LogP contribution in [0.5, 0.6) is 5.75 Å². The first-order chi connectivity index (χ1) is 11.7. The summed E-state index contributed by atoms with van der Waals surface area (Å²) < 4.78 is 10.8. The maximum Gasteiger partial charge on any atom is 0.227 e. The first-order valence-electron chi connectivity index (χ1n) is 8.27. The molecule has 0 saturated carbocycles. The van der Waals surface area contributed by atoms with Gasteiger partial charge < -0.3 is 25.0 Å². The highest BCUT2D eigenvalue weighted by molar-refractivity contribution is 5.98. The fraction of sp³-hybridized carbons (Fsp3) is 0.529. The SMILES string of the molecule is COc1cc(NC(=O)CC2COCCN2)ccc1N1CCCC1=O.Cl. The first kappa shape index (κ1) is 19.5. The van der Waals surface area contributed by atoms with Crippen LogP contribution in [0.3, 0.4) is 0 Å². The van der Waals surface area contributed by atoms with Gasteiger partial charge in [-0.05, 0) is 18.6 Å². The summed E-state index contributed by atoms with van der Waals surface area (Å²) in [5.74, 6) is 0.612. The Morgan fingerprint density at radius 1 is 1.48 bits per heavy atom. The lowest BCUT2D eigenvalue weighted by Gasteiger charge is -2.23. The first-order valence-corrected chi connectivity index (χ1v) is 8.27. The molecule has 1 atom stereocenters. The van der Waals surface area contributed by atoms with E-state index in [9.17, 15) is 9.59 Å². The number of hydrogen-bond donors (Lipinski definition) is 2. The van der Waals surface area contributed by atoms with Gasteiger partial charge in [0.2, 0.25) is 11.8 Å². The van der Waals surface area contributed by atoms with Crippen LogP contribution in [0.4, 0.5) is 11.4 Å². The molecule has 1 aromatic rings. The average Bonchev–Trinajstić information content (AvgIpc) is 3.01. The fourth-order valence-corrected chi connectivity index (χ4v) is 3.07. The van der Waals surface area contributed by atoms with Crippen LogP contribution in [0.1, 0.15) is 19.3 Å². The smallest absolute Gasteiger partial charge is 0.227 e. The van der Waals surface area contributed by atoms with Crippen molar-refractivity contribution in [2.75, 3.05) is 43.6 Å². The van der Waals surface area contributed by atoms with E-state index in [1.54, 1.807) is 24.1 Å². The van der Waals surface area contributed by atoms with Crippen LogP contribution in [0.2, 0.25) is 0 Å². The van der Waals surface area contributed by atoms with Gasteiger partial charge in [0.1, 0.15) is 5.75 Å². The van der Waals surface area contributed by atoms with Gasteiger partial charge >= 0.3 is 0 Å². The Balaban J connectivity index is 0.00000225. The van der Waals surface area contributed by atoms with E-state index < -0.39 is 0 Å². The number of ether oxygens (including phenoxy) is 2. The van der Waals surface area contributed by atoms with E-state index in [-0.39, 0.29) is 30.3 Å². The zero-order valence-electron chi connectivity index (χ0n) is 14.2. The van der Waals surface area contributed by atoms with Crippen molar-refractivity contribution >= 4 is 35.6 Å². The number of carbonyl (C=O) groups is 2. The second-order valence-electron chi connectivity index (χ2n) is 6.01. The normalized spacial score (nSPS) is 20.1. The monoisotopic (exact) mass is 369 g/mol. The second-order valence-corrected chi connectivity index (χ2v) is 6.01. The molecule has 2 N–H and O–H groups in total. The van der Waals surface area contributed by atoms with Gasteiger partial charge in [-0.3, -0.25) is 9.59 Å². The van der Waals surface area contributed by atoms with Crippen LogP contribution >= 0.6 is 12.4 Å². The standard InChI is InChI=1S/C17H23N3O4.ClH/c1-23-15-9-12(4-5-14(15)20-7-2-3-17(20)22)19-16(21)10-13-11-24-8-6-18-13;/h4-5,9,13,18H,2-3,6-8,10-11H2,1H3,(H,19,21);1H. The van der Waals surface area contributed by atoms with Crippen LogP contribution < -0.4 is 20.3 Å². The number of anilines is 2. The predicted molar refractivity (Wildman–Crippen MR) is 97.7 cm³/mol. The number of methoxy groups -OCH3 is 1. The number of benzene rings is 1. The molecule has 0 aliphatic carbocycles. The molecule has 2 amide bonds. The maximum atomic E-state index is 12.2. The minimum Gasteiger partial charge on any atom is -0.494 e. The second kappa shape index (κ2) is 9.03. The van der Waals surface area contributed by atoms with Crippen LogP contribution in [-0.2, 0) is 14.3 Å². The molecule has 2 saturated heterocycles. The molecule has 2 heterocycles. The van der Waals surface area contributed by atoms with Crippen molar-refractivity contribution in [1.29, 1.82) is 0 Å². The van der Waals surface area contributed by atoms with Crippen molar-refractivity contribution in [3.05, 3.63) is 18.2 Å². The summed E-state index contributed by atoms with van der Waals surface area (Å²) in [5.41, 5.74) is 1.41. The van der Waals surface area contributed by atoms with E-state index in [1.807, 2.05) is 6.07 Å². The number of nitrogens with zero attached hydrogens (tertiary/aromatic N) is 1. The minimum absolute atomic E-state index is 0. The molecule has 0 bridgehead atoms. The third-order valence-corrected chi connectivity index (χ3v) is 4.26. The maximum absolute atomic E-state index is 12.2. The summed E-state index contributed by atoms with van der Waals surface area (Å²) >= 11 is 0. The summed E-state index contributed by atoms with van der Waals surface area (Å²) in [6.45, 7) is 2.71. The Kier molecular flexibility index (Phi) is 7.04. The van der Waals surface area contributed by atoms with Crippen molar-refractivity contribution in [2.24, 2.45) is 0 Å². The molecule has 7 nitrogen and oxygen atoms in total. The van der Waals surface area contributed by atoms with Gasteiger partial charge in [-0.15, -0.1) is 12.4 Å². The van der Waals surface area contributed by atoms with Gasteiger partial charge in [0, 0.05) is 43.7 Å². The number of nitrogens with one attached hydrogen (secondary N) is 2. The molecule has 3 rings (SSSR count). The minimum atomic E-state index is -0.0787. The van der Waals surface area contributed by atoms with Crippen molar-refractivity contribution in [3.63, 3.8) is 0 Å². The highest BCUT2D eigenvalue weighted by Crippen LogP contribution is 2.33. The summed E-state index contributed by atoms with van der Waals surface area (Å²) in [4.78, 5) is 25.8. The van der Waals surface area contributed by atoms with Crippen LogP contribution in [-0.4, -0.2) is 51.3 Å². The van der Waals surface area contributed by atoms with Crippen molar-refractivity contribution in [2.45, 2.75) is 25.3 Å². The molecule has 2 fully saturated rings. The third-order valence-electron chi connectivity index (χ3n) is 4.26. The Hall–Kier alpha value is -1.83. The molecule has 0 spiro atoms. The lowest BCUT2D eigenvalue weighted by molar-refractivity contribution is -0.118. The summed E-state index contributed by atoms with van der Waals surface area (Å²) in [7, 11) is 1.56. The molecular formula is C17H24ClN3O4. The highest BCUT2D eigenvalue weighted by atomic mass is 35.5. The predicted octanol–water partition coefficient (Wildman–Crippen LogP) is 1.56.